The number of piperidine rings is 1. The molecule has 4 heteroatoms. The van der Waals surface area contributed by atoms with Crippen molar-refractivity contribution in [2.24, 2.45) is 0 Å². The van der Waals surface area contributed by atoms with Crippen molar-refractivity contribution in [2.75, 3.05) is 13.1 Å². The highest BCUT2D eigenvalue weighted by molar-refractivity contribution is 5.32. The Bertz CT molecular complexity index is 649. The van der Waals surface area contributed by atoms with Gasteiger partial charge in [0.05, 0.1) is 6.20 Å². The fourth-order valence-electron chi connectivity index (χ4n) is 3.43. The van der Waals surface area contributed by atoms with E-state index < -0.39 is 0 Å². The Hall–Kier alpha value is -2.07. The smallest absolute Gasteiger partial charge is 0.200 e. The lowest BCUT2D eigenvalue weighted by atomic mass is 9.90. The van der Waals surface area contributed by atoms with Crippen molar-refractivity contribution in [2.45, 2.75) is 51.4 Å². The van der Waals surface area contributed by atoms with Gasteiger partial charge in [0.15, 0.2) is 5.75 Å². The molecule has 1 aliphatic rings. The van der Waals surface area contributed by atoms with Crippen LogP contribution < -0.4 is 4.84 Å². The number of unbranched alkanes of at least 4 members (excludes halogenated alkanes) is 2. The second kappa shape index (κ2) is 8.86. The number of hydrogen-bond acceptors (Lipinski definition) is 3. The third-order valence-electron chi connectivity index (χ3n) is 4.94. The van der Waals surface area contributed by atoms with Crippen molar-refractivity contribution < 1.29 is 9.94 Å². The van der Waals surface area contributed by atoms with Gasteiger partial charge < -0.3 is 4.84 Å². The first-order valence-electron chi connectivity index (χ1n) is 9.39. The molecule has 133 valence electrons. The van der Waals surface area contributed by atoms with Gasteiger partial charge in [0.1, 0.15) is 5.75 Å². The molecule has 0 unspecified atom stereocenters. The van der Waals surface area contributed by atoms with Gasteiger partial charge in [-0.1, -0.05) is 31.9 Å². The Kier molecular flexibility index (Phi) is 6.29. The third-order valence-corrected chi connectivity index (χ3v) is 4.94. The Morgan fingerprint density at radius 3 is 2.56 bits per heavy atom. The summed E-state index contributed by atoms with van der Waals surface area (Å²) in [6.45, 7) is 3.90. The van der Waals surface area contributed by atoms with Crippen LogP contribution >= 0.6 is 0 Å². The summed E-state index contributed by atoms with van der Waals surface area (Å²) in [5.74, 6) is 1.27. The van der Waals surface area contributed by atoms with Crippen molar-refractivity contribution in [1.29, 1.82) is 0 Å². The van der Waals surface area contributed by atoms with Crippen LogP contribution in [0.2, 0.25) is 0 Å². The Balaban J connectivity index is 1.48. The fourth-order valence-corrected chi connectivity index (χ4v) is 3.43. The SMILES string of the molecule is CCCCCc1ccc(ON2CCC(c3ccncc3[O])CC2)cc1. The second-order valence-electron chi connectivity index (χ2n) is 6.81. The second-order valence-corrected chi connectivity index (χ2v) is 6.81. The quantitative estimate of drug-likeness (QED) is 0.657. The van der Waals surface area contributed by atoms with E-state index >= 15 is 0 Å². The van der Waals surface area contributed by atoms with Crippen LogP contribution in [0, 0.1) is 0 Å². The molecule has 0 N–H and O–H groups in total. The van der Waals surface area contributed by atoms with Gasteiger partial charge in [-0.2, -0.15) is 0 Å². The topological polar surface area (TPSA) is 45.3 Å². The molecule has 1 aliphatic heterocycles. The number of hydrogen-bond donors (Lipinski definition) is 0. The molecule has 1 aromatic carbocycles. The van der Waals surface area contributed by atoms with Gasteiger partial charge in [0.2, 0.25) is 0 Å². The van der Waals surface area contributed by atoms with Crippen molar-refractivity contribution in [1.82, 2.24) is 10.0 Å². The zero-order chi connectivity index (χ0) is 17.5. The lowest BCUT2D eigenvalue weighted by Gasteiger charge is -2.31. The van der Waals surface area contributed by atoms with E-state index in [2.05, 4.69) is 36.2 Å². The van der Waals surface area contributed by atoms with Crippen LogP contribution in [-0.2, 0) is 11.5 Å². The number of benzene rings is 1. The molecule has 1 saturated heterocycles. The minimum Gasteiger partial charge on any atom is -0.406 e. The molecular weight excluding hydrogens is 312 g/mol. The van der Waals surface area contributed by atoms with Gasteiger partial charge >= 0.3 is 0 Å². The summed E-state index contributed by atoms with van der Waals surface area (Å²) in [4.78, 5) is 9.89. The lowest BCUT2D eigenvalue weighted by molar-refractivity contribution is -0.0757. The van der Waals surface area contributed by atoms with E-state index in [0.29, 0.717) is 5.92 Å². The number of aromatic nitrogens is 1. The molecule has 0 spiro atoms. The molecule has 0 atom stereocenters. The van der Waals surface area contributed by atoms with Gasteiger partial charge in [-0.25, -0.2) is 0 Å². The van der Waals surface area contributed by atoms with Crippen LogP contribution in [-0.4, -0.2) is 23.1 Å². The molecule has 0 aliphatic carbocycles. The molecular formula is C21H27N2O2. The first-order chi connectivity index (χ1) is 12.3. The molecule has 1 fully saturated rings. The van der Waals surface area contributed by atoms with E-state index in [4.69, 9.17) is 4.84 Å². The van der Waals surface area contributed by atoms with Gasteiger partial charge in [0, 0.05) is 24.8 Å². The van der Waals surface area contributed by atoms with Crippen LogP contribution in [0.3, 0.4) is 0 Å². The average Bonchev–Trinajstić information content (AvgIpc) is 2.65. The Labute approximate surface area is 150 Å². The number of pyridine rings is 1. The lowest BCUT2D eigenvalue weighted by Crippen LogP contribution is -2.35. The Morgan fingerprint density at radius 1 is 1.12 bits per heavy atom. The molecule has 2 heterocycles. The number of aryl methyl sites for hydroxylation is 1. The van der Waals surface area contributed by atoms with Crippen LogP contribution in [0.4, 0.5) is 0 Å². The minimum absolute atomic E-state index is 0.0560. The zero-order valence-electron chi connectivity index (χ0n) is 15.0. The molecule has 1 aromatic heterocycles. The maximum Gasteiger partial charge on any atom is 0.200 e. The summed E-state index contributed by atoms with van der Waals surface area (Å²) in [6.07, 6.45) is 9.94. The number of rotatable bonds is 7. The predicted molar refractivity (Wildman–Crippen MR) is 98.2 cm³/mol. The van der Waals surface area contributed by atoms with Crippen molar-refractivity contribution in [3.63, 3.8) is 0 Å². The van der Waals surface area contributed by atoms with E-state index in [9.17, 15) is 5.11 Å². The van der Waals surface area contributed by atoms with Gasteiger partial charge in [0.25, 0.3) is 0 Å². The summed E-state index contributed by atoms with van der Waals surface area (Å²) in [7, 11) is 0. The molecule has 1 radical (unpaired) electrons. The van der Waals surface area contributed by atoms with E-state index in [0.717, 1.165) is 43.7 Å². The van der Waals surface area contributed by atoms with Gasteiger partial charge in [-0.3, -0.25) is 10.1 Å². The highest BCUT2D eigenvalue weighted by atomic mass is 16.7. The van der Waals surface area contributed by atoms with Crippen LogP contribution in [0.5, 0.6) is 11.5 Å². The first-order valence-corrected chi connectivity index (χ1v) is 9.39. The summed E-state index contributed by atoms with van der Waals surface area (Å²) in [6, 6.07) is 10.3. The first kappa shape index (κ1) is 17.7. The molecule has 0 saturated carbocycles. The predicted octanol–water partition coefficient (Wildman–Crippen LogP) is 5.13. The van der Waals surface area contributed by atoms with Crippen LogP contribution in [0.25, 0.3) is 0 Å². The molecule has 25 heavy (non-hydrogen) atoms. The maximum atomic E-state index is 11.9. The van der Waals surface area contributed by atoms with E-state index in [-0.39, 0.29) is 5.75 Å². The molecule has 2 aromatic rings. The normalized spacial score (nSPS) is 16.0. The molecule has 0 amide bonds. The summed E-state index contributed by atoms with van der Waals surface area (Å²) in [5.41, 5.74) is 2.27. The monoisotopic (exact) mass is 339 g/mol. The Morgan fingerprint density at radius 2 is 1.88 bits per heavy atom. The maximum absolute atomic E-state index is 11.9. The summed E-state index contributed by atoms with van der Waals surface area (Å²) in [5, 5.41) is 13.9. The summed E-state index contributed by atoms with van der Waals surface area (Å²) < 4.78 is 0. The zero-order valence-corrected chi connectivity index (χ0v) is 15.0. The van der Waals surface area contributed by atoms with Crippen molar-refractivity contribution in [3.05, 3.63) is 53.9 Å². The third kappa shape index (κ3) is 4.95. The van der Waals surface area contributed by atoms with E-state index in [1.165, 1.54) is 31.0 Å². The number of nitrogens with zero attached hydrogens (tertiary/aromatic N) is 2. The fraction of sp³-hybridized carbons (Fsp3) is 0.476. The minimum atomic E-state index is 0.0560. The number of hydroxylamine groups is 2. The van der Waals surface area contributed by atoms with Gasteiger partial charge in [-0.05, 0) is 55.4 Å². The van der Waals surface area contributed by atoms with Crippen LogP contribution in [0.15, 0.2) is 42.7 Å². The van der Waals surface area contributed by atoms with Gasteiger partial charge in [-0.15, -0.1) is 5.06 Å². The highest BCUT2D eigenvalue weighted by Gasteiger charge is 2.24. The summed E-state index contributed by atoms with van der Waals surface area (Å²) >= 11 is 0. The van der Waals surface area contributed by atoms with Crippen molar-refractivity contribution >= 4 is 0 Å². The average molecular weight is 339 g/mol. The molecule has 4 nitrogen and oxygen atoms in total. The van der Waals surface area contributed by atoms with E-state index in [1.54, 1.807) is 6.20 Å². The molecule has 0 bridgehead atoms. The standard InChI is InChI=1S/C21H27N2O2/c1-2-3-4-5-17-6-8-19(9-7-17)25-23-14-11-18(12-15-23)20-10-13-22-16-21(20)24/h6-10,13,16,18H,2-5,11-12,14-15H2,1H3. The molecule has 3 rings (SSSR count). The highest BCUT2D eigenvalue weighted by Crippen LogP contribution is 2.33. The van der Waals surface area contributed by atoms with Crippen LogP contribution in [0.1, 0.15) is 56.1 Å². The van der Waals surface area contributed by atoms with Crippen molar-refractivity contribution in [3.8, 4) is 11.5 Å². The van der Waals surface area contributed by atoms with E-state index in [1.807, 2.05) is 11.1 Å². The largest absolute Gasteiger partial charge is 0.406 e.